The van der Waals surface area contributed by atoms with E-state index in [1.54, 1.807) is 32.0 Å². The predicted molar refractivity (Wildman–Crippen MR) is 78.7 cm³/mol. The molecule has 0 aliphatic carbocycles. The van der Waals surface area contributed by atoms with Crippen LogP contribution in [0.2, 0.25) is 5.02 Å². The standard InChI is InChI=1S/C15H18ClNO4/c1-3-15(4-2,14(19)20)17-13(18)12-8-9-7-10(16)5-6-11(9)21-12/h5-7,12H,3-4,8H2,1-2H3,(H,17,18)(H,19,20). The van der Waals surface area contributed by atoms with E-state index >= 15 is 0 Å². The van der Waals surface area contributed by atoms with Gasteiger partial charge in [0.15, 0.2) is 6.10 Å². The highest BCUT2D eigenvalue weighted by atomic mass is 35.5. The lowest BCUT2D eigenvalue weighted by molar-refractivity contribution is -0.149. The number of hydrogen-bond donors (Lipinski definition) is 2. The van der Waals surface area contributed by atoms with Crippen molar-refractivity contribution >= 4 is 23.5 Å². The minimum absolute atomic E-state index is 0.316. The SMILES string of the molecule is CCC(CC)(NC(=O)C1Cc2cc(Cl)ccc2O1)C(=O)O. The van der Waals surface area contributed by atoms with Crippen LogP contribution >= 0.6 is 11.6 Å². The summed E-state index contributed by atoms with van der Waals surface area (Å²) < 4.78 is 5.57. The summed E-state index contributed by atoms with van der Waals surface area (Å²) in [6.45, 7) is 3.48. The number of benzene rings is 1. The molecule has 1 amide bonds. The predicted octanol–water partition coefficient (Wildman–Crippen LogP) is 2.40. The molecule has 0 spiro atoms. The molecule has 114 valence electrons. The highest BCUT2D eigenvalue weighted by molar-refractivity contribution is 6.30. The van der Waals surface area contributed by atoms with Gasteiger partial charge in [-0.25, -0.2) is 4.79 Å². The Morgan fingerprint density at radius 1 is 1.43 bits per heavy atom. The largest absolute Gasteiger partial charge is 0.480 e. The Morgan fingerprint density at radius 2 is 2.10 bits per heavy atom. The molecule has 21 heavy (non-hydrogen) atoms. The monoisotopic (exact) mass is 311 g/mol. The number of hydrogen-bond acceptors (Lipinski definition) is 3. The van der Waals surface area contributed by atoms with Gasteiger partial charge < -0.3 is 15.2 Å². The van der Waals surface area contributed by atoms with Gasteiger partial charge in [-0.1, -0.05) is 25.4 Å². The minimum atomic E-state index is -1.24. The fourth-order valence-electron chi connectivity index (χ4n) is 2.46. The van der Waals surface area contributed by atoms with Crippen molar-refractivity contribution in [2.24, 2.45) is 0 Å². The fraction of sp³-hybridized carbons (Fsp3) is 0.467. The van der Waals surface area contributed by atoms with Gasteiger partial charge in [0.2, 0.25) is 0 Å². The van der Waals surface area contributed by atoms with Crippen molar-refractivity contribution in [3.8, 4) is 5.75 Å². The van der Waals surface area contributed by atoms with Crippen molar-refractivity contribution in [2.45, 2.75) is 44.8 Å². The number of amides is 1. The number of fused-ring (bicyclic) bond motifs is 1. The Kier molecular flexibility index (Phi) is 4.42. The van der Waals surface area contributed by atoms with E-state index in [1.165, 1.54) is 0 Å². The van der Waals surface area contributed by atoms with Gasteiger partial charge in [-0.2, -0.15) is 0 Å². The molecule has 1 atom stereocenters. The average molecular weight is 312 g/mol. The Labute approximate surface area is 128 Å². The van der Waals surface area contributed by atoms with Crippen LogP contribution in [0.4, 0.5) is 0 Å². The normalized spacial score (nSPS) is 17.0. The Balaban J connectivity index is 2.11. The molecule has 1 unspecified atom stereocenters. The maximum Gasteiger partial charge on any atom is 0.329 e. The van der Waals surface area contributed by atoms with Crippen LogP contribution in [0, 0.1) is 0 Å². The van der Waals surface area contributed by atoms with Crippen LogP contribution in [-0.4, -0.2) is 28.6 Å². The lowest BCUT2D eigenvalue weighted by Crippen LogP contribution is -2.56. The summed E-state index contributed by atoms with van der Waals surface area (Å²) >= 11 is 5.91. The number of carboxylic acids is 1. The number of carbonyl (C=O) groups excluding carboxylic acids is 1. The van der Waals surface area contributed by atoms with Crippen molar-refractivity contribution in [1.29, 1.82) is 0 Å². The molecule has 1 aliphatic rings. The minimum Gasteiger partial charge on any atom is -0.480 e. The maximum atomic E-state index is 12.3. The second kappa shape index (κ2) is 5.93. The smallest absolute Gasteiger partial charge is 0.329 e. The van der Waals surface area contributed by atoms with Crippen LogP contribution in [0.5, 0.6) is 5.75 Å². The van der Waals surface area contributed by atoms with Gasteiger partial charge in [-0.05, 0) is 36.6 Å². The molecule has 1 heterocycles. The molecule has 1 aliphatic heterocycles. The van der Waals surface area contributed by atoms with Gasteiger partial charge in [-0.15, -0.1) is 0 Å². The van der Waals surface area contributed by atoms with Gasteiger partial charge in [0.25, 0.3) is 5.91 Å². The first-order chi connectivity index (χ1) is 9.91. The molecule has 6 heteroatoms. The van der Waals surface area contributed by atoms with E-state index in [4.69, 9.17) is 16.3 Å². The van der Waals surface area contributed by atoms with E-state index in [0.717, 1.165) is 5.56 Å². The summed E-state index contributed by atoms with van der Waals surface area (Å²) in [5, 5.41) is 12.6. The van der Waals surface area contributed by atoms with Gasteiger partial charge in [-0.3, -0.25) is 4.79 Å². The van der Waals surface area contributed by atoms with E-state index in [1.807, 2.05) is 0 Å². The molecule has 0 radical (unpaired) electrons. The average Bonchev–Trinajstić information content (AvgIpc) is 2.87. The van der Waals surface area contributed by atoms with Gasteiger partial charge in [0.1, 0.15) is 11.3 Å². The highest BCUT2D eigenvalue weighted by Crippen LogP contribution is 2.31. The Bertz CT molecular complexity index is 569. The molecular weight excluding hydrogens is 294 g/mol. The number of rotatable bonds is 5. The number of carbonyl (C=O) groups is 2. The molecule has 2 rings (SSSR count). The second-order valence-electron chi connectivity index (χ2n) is 5.15. The van der Waals surface area contributed by atoms with Crippen LogP contribution in [0.3, 0.4) is 0 Å². The molecule has 1 aromatic carbocycles. The molecular formula is C15H18ClNO4. The van der Waals surface area contributed by atoms with E-state index < -0.39 is 23.5 Å². The summed E-state index contributed by atoms with van der Waals surface area (Å²) in [5.74, 6) is -0.818. The molecule has 0 fully saturated rings. The number of aliphatic carboxylic acids is 1. The quantitative estimate of drug-likeness (QED) is 0.875. The van der Waals surface area contributed by atoms with Gasteiger partial charge >= 0.3 is 5.97 Å². The zero-order valence-corrected chi connectivity index (χ0v) is 12.7. The number of carboxylic acid groups (broad SMARTS) is 1. The fourth-order valence-corrected chi connectivity index (χ4v) is 2.66. The van der Waals surface area contributed by atoms with Crippen molar-refractivity contribution in [1.82, 2.24) is 5.32 Å². The van der Waals surface area contributed by atoms with E-state index in [2.05, 4.69) is 5.32 Å². The Hall–Kier alpha value is -1.75. The lowest BCUT2D eigenvalue weighted by Gasteiger charge is -2.29. The summed E-state index contributed by atoms with van der Waals surface area (Å²) in [6.07, 6.45) is 0.312. The summed E-state index contributed by atoms with van der Waals surface area (Å²) in [6, 6.07) is 5.17. The maximum absolute atomic E-state index is 12.3. The third kappa shape index (κ3) is 2.97. The van der Waals surface area contributed by atoms with Crippen LogP contribution in [0.25, 0.3) is 0 Å². The topological polar surface area (TPSA) is 75.6 Å². The first kappa shape index (κ1) is 15.6. The number of nitrogens with one attached hydrogen (secondary N) is 1. The van der Waals surface area contributed by atoms with Crippen molar-refractivity contribution in [3.63, 3.8) is 0 Å². The van der Waals surface area contributed by atoms with Crippen LogP contribution in [0.15, 0.2) is 18.2 Å². The summed E-state index contributed by atoms with van der Waals surface area (Å²) in [4.78, 5) is 23.7. The zero-order chi connectivity index (χ0) is 15.6. The van der Waals surface area contributed by atoms with E-state index in [-0.39, 0.29) is 0 Å². The molecule has 0 saturated heterocycles. The third-order valence-electron chi connectivity index (χ3n) is 3.97. The summed E-state index contributed by atoms with van der Waals surface area (Å²) in [7, 11) is 0. The van der Waals surface area contributed by atoms with Crippen LogP contribution in [-0.2, 0) is 16.0 Å². The van der Waals surface area contributed by atoms with Crippen molar-refractivity contribution in [3.05, 3.63) is 28.8 Å². The molecule has 0 bridgehead atoms. The molecule has 2 N–H and O–H groups in total. The Morgan fingerprint density at radius 3 is 2.67 bits per heavy atom. The molecule has 0 aromatic heterocycles. The molecule has 5 nitrogen and oxygen atoms in total. The number of halogens is 1. The first-order valence-electron chi connectivity index (χ1n) is 6.92. The first-order valence-corrected chi connectivity index (χ1v) is 7.30. The van der Waals surface area contributed by atoms with Gasteiger partial charge in [0, 0.05) is 11.4 Å². The van der Waals surface area contributed by atoms with E-state index in [9.17, 15) is 14.7 Å². The second-order valence-corrected chi connectivity index (χ2v) is 5.58. The van der Waals surface area contributed by atoms with Crippen molar-refractivity contribution in [2.75, 3.05) is 0 Å². The van der Waals surface area contributed by atoms with E-state index in [0.29, 0.717) is 30.0 Å². The summed E-state index contributed by atoms with van der Waals surface area (Å²) in [5.41, 5.74) is -0.385. The molecule has 1 aromatic rings. The van der Waals surface area contributed by atoms with Gasteiger partial charge in [0.05, 0.1) is 0 Å². The van der Waals surface area contributed by atoms with Crippen molar-refractivity contribution < 1.29 is 19.4 Å². The van der Waals surface area contributed by atoms with Crippen LogP contribution < -0.4 is 10.1 Å². The number of ether oxygens (including phenoxy) is 1. The van der Waals surface area contributed by atoms with Crippen LogP contribution in [0.1, 0.15) is 32.3 Å². The molecule has 0 saturated carbocycles. The third-order valence-corrected chi connectivity index (χ3v) is 4.20. The zero-order valence-electron chi connectivity index (χ0n) is 12.0. The lowest BCUT2D eigenvalue weighted by atomic mass is 9.92. The highest BCUT2D eigenvalue weighted by Gasteiger charge is 2.40.